The highest BCUT2D eigenvalue weighted by molar-refractivity contribution is 5.89. The highest BCUT2D eigenvalue weighted by atomic mass is 16.4. The van der Waals surface area contributed by atoms with E-state index in [1.165, 1.54) is 6.33 Å². The Hall–Kier alpha value is -4.46. The van der Waals surface area contributed by atoms with Gasteiger partial charge in [0.1, 0.15) is 6.33 Å². The SMILES string of the molecule is Cc1cccc(-n2c(-c3ccc4ncnn4c3)c(C)n(Cc3cccc(C(=O)O)c3C)c2=O)c1. The number of aromatic nitrogens is 5. The topological polar surface area (TPSA) is 94.4 Å². The molecule has 8 nitrogen and oxygen atoms in total. The van der Waals surface area contributed by atoms with Crippen molar-refractivity contribution in [2.75, 3.05) is 0 Å². The fraction of sp³-hybridized carbons (Fsp3) is 0.154. The van der Waals surface area contributed by atoms with E-state index in [1.54, 1.807) is 32.7 Å². The molecular weight excluding hydrogens is 430 g/mol. The third-order valence-electron chi connectivity index (χ3n) is 6.21. The molecule has 5 rings (SSSR count). The fourth-order valence-electron chi connectivity index (χ4n) is 4.39. The van der Waals surface area contributed by atoms with E-state index in [1.807, 2.05) is 62.5 Å². The molecule has 0 aliphatic rings. The molecule has 3 aromatic heterocycles. The second-order valence-corrected chi connectivity index (χ2v) is 8.35. The summed E-state index contributed by atoms with van der Waals surface area (Å²) in [5, 5.41) is 13.8. The molecule has 2 aromatic carbocycles. The normalized spacial score (nSPS) is 11.3. The van der Waals surface area contributed by atoms with Crippen LogP contribution in [-0.2, 0) is 6.54 Å². The Morgan fingerprint density at radius 1 is 1.03 bits per heavy atom. The highest BCUT2D eigenvalue weighted by Gasteiger charge is 2.21. The van der Waals surface area contributed by atoms with Gasteiger partial charge in [0, 0.05) is 17.5 Å². The van der Waals surface area contributed by atoms with E-state index < -0.39 is 5.97 Å². The number of rotatable bonds is 5. The molecule has 0 aliphatic carbocycles. The zero-order chi connectivity index (χ0) is 24.0. The number of carbonyl (C=O) groups is 1. The molecule has 0 amide bonds. The molecule has 1 N–H and O–H groups in total. The smallest absolute Gasteiger partial charge is 0.335 e. The van der Waals surface area contributed by atoms with E-state index in [4.69, 9.17) is 0 Å². The van der Waals surface area contributed by atoms with Crippen LogP contribution in [0.3, 0.4) is 0 Å². The number of benzene rings is 2. The van der Waals surface area contributed by atoms with E-state index in [2.05, 4.69) is 10.1 Å². The van der Waals surface area contributed by atoms with E-state index in [0.29, 0.717) is 11.2 Å². The van der Waals surface area contributed by atoms with Crippen molar-refractivity contribution in [3.63, 3.8) is 0 Å². The molecule has 0 radical (unpaired) electrons. The fourth-order valence-corrected chi connectivity index (χ4v) is 4.39. The van der Waals surface area contributed by atoms with Gasteiger partial charge in [-0.25, -0.2) is 19.1 Å². The summed E-state index contributed by atoms with van der Waals surface area (Å²) in [6, 6.07) is 16.7. The second-order valence-electron chi connectivity index (χ2n) is 8.35. The first-order valence-corrected chi connectivity index (χ1v) is 10.9. The first-order valence-electron chi connectivity index (χ1n) is 10.9. The van der Waals surface area contributed by atoms with E-state index in [-0.39, 0.29) is 17.8 Å². The quantitative estimate of drug-likeness (QED) is 0.434. The Balaban J connectivity index is 1.75. The molecule has 0 fully saturated rings. The number of carboxylic acids is 1. The van der Waals surface area contributed by atoms with Gasteiger partial charge in [0.05, 0.1) is 23.5 Å². The summed E-state index contributed by atoms with van der Waals surface area (Å²) in [6.07, 6.45) is 3.35. The second kappa shape index (κ2) is 8.15. The molecule has 0 aliphatic heterocycles. The number of hydrogen-bond acceptors (Lipinski definition) is 4. The van der Waals surface area contributed by atoms with E-state index in [9.17, 15) is 14.7 Å². The van der Waals surface area contributed by atoms with Crippen LogP contribution in [0.1, 0.15) is 32.7 Å². The van der Waals surface area contributed by atoms with Crippen molar-refractivity contribution in [3.05, 3.63) is 106 Å². The number of aryl methyl sites for hydroxylation is 1. The summed E-state index contributed by atoms with van der Waals surface area (Å²) >= 11 is 0. The van der Waals surface area contributed by atoms with Gasteiger partial charge in [-0.05, 0) is 67.8 Å². The largest absolute Gasteiger partial charge is 0.478 e. The standard InChI is InChI=1S/C26H23N5O3/c1-16-6-4-8-21(12-16)31-24(20-10-11-23-27-15-28-30(23)14-20)18(3)29(26(31)34)13-19-7-5-9-22(17(19)2)25(32)33/h4-12,14-15H,13H2,1-3H3,(H,32,33). The lowest BCUT2D eigenvalue weighted by Crippen LogP contribution is -2.25. The van der Waals surface area contributed by atoms with Crippen LogP contribution < -0.4 is 5.69 Å². The van der Waals surface area contributed by atoms with Crippen molar-refractivity contribution in [1.29, 1.82) is 0 Å². The minimum atomic E-state index is -0.984. The molecule has 0 atom stereocenters. The first-order chi connectivity index (χ1) is 16.3. The van der Waals surface area contributed by atoms with Crippen molar-refractivity contribution in [3.8, 4) is 16.9 Å². The maximum atomic E-state index is 13.8. The van der Waals surface area contributed by atoms with Gasteiger partial charge in [-0.15, -0.1) is 0 Å². The summed E-state index contributed by atoms with van der Waals surface area (Å²) in [4.78, 5) is 29.6. The highest BCUT2D eigenvalue weighted by Crippen LogP contribution is 2.27. The zero-order valence-corrected chi connectivity index (χ0v) is 19.1. The van der Waals surface area contributed by atoms with Gasteiger partial charge in [0.2, 0.25) is 0 Å². The number of nitrogens with zero attached hydrogens (tertiary/aromatic N) is 5. The van der Waals surface area contributed by atoms with Crippen LogP contribution in [0.25, 0.3) is 22.6 Å². The third-order valence-corrected chi connectivity index (χ3v) is 6.21. The number of carboxylic acid groups (broad SMARTS) is 1. The summed E-state index contributed by atoms with van der Waals surface area (Å²) in [5.41, 5.74) is 6.32. The zero-order valence-electron chi connectivity index (χ0n) is 19.1. The Morgan fingerprint density at radius 3 is 2.59 bits per heavy atom. The maximum absolute atomic E-state index is 13.8. The molecule has 8 heteroatoms. The van der Waals surface area contributed by atoms with Crippen LogP contribution in [0.4, 0.5) is 0 Å². The molecule has 170 valence electrons. The first kappa shape index (κ1) is 21.4. The van der Waals surface area contributed by atoms with E-state index >= 15 is 0 Å². The lowest BCUT2D eigenvalue weighted by Gasteiger charge is -2.11. The molecule has 0 bridgehead atoms. The summed E-state index contributed by atoms with van der Waals surface area (Å²) in [5.74, 6) is -0.984. The van der Waals surface area contributed by atoms with Crippen molar-refractivity contribution >= 4 is 11.6 Å². The lowest BCUT2D eigenvalue weighted by atomic mass is 10.0. The number of hydrogen-bond donors (Lipinski definition) is 1. The molecule has 5 aromatic rings. The average molecular weight is 454 g/mol. The van der Waals surface area contributed by atoms with Crippen LogP contribution in [-0.4, -0.2) is 34.8 Å². The number of imidazole rings is 1. The number of aromatic carboxylic acids is 1. The number of pyridine rings is 1. The molecule has 0 unspecified atom stereocenters. The summed E-state index contributed by atoms with van der Waals surface area (Å²) < 4.78 is 5.08. The Kier molecular flexibility index (Phi) is 5.13. The van der Waals surface area contributed by atoms with Crippen LogP contribution >= 0.6 is 0 Å². The molecular formula is C26H23N5O3. The third kappa shape index (κ3) is 3.49. The lowest BCUT2D eigenvalue weighted by molar-refractivity contribution is 0.0696. The van der Waals surface area contributed by atoms with Gasteiger partial charge in [-0.1, -0.05) is 24.3 Å². The van der Waals surface area contributed by atoms with Crippen molar-refractivity contribution < 1.29 is 9.90 Å². The molecule has 0 spiro atoms. The number of fused-ring (bicyclic) bond motifs is 1. The van der Waals surface area contributed by atoms with Gasteiger partial charge >= 0.3 is 11.7 Å². The van der Waals surface area contributed by atoms with Gasteiger partial charge < -0.3 is 5.11 Å². The average Bonchev–Trinajstić information content (AvgIpc) is 3.37. The van der Waals surface area contributed by atoms with E-state index in [0.717, 1.165) is 33.8 Å². The summed E-state index contributed by atoms with van der Waals surface area (Å²) in [6.45, 7) is 5.93. The molecule has 34 heavy (non-hydrogen) atoms. The summed E-state index contributed by atoms with van der Waals surface area (Å²) in [7, 11) is 0. The monoisotopic (exact) mass is 453 g/mol. The van der Waals surface area contributed by atoms with Crippen molar-refractivity contribution in [2.24, 2.45) is 0 Å². The Morgan fingerprint density at radius 2 is 1.82 bits per heavy atom. The van der Waals surface area contributed by atoms with Gasteiger partial charge in [-0.2, -0.15) is 5.10 Å². The molecule has 3 heterocycles. The van der Waals surface area contributed by atoms with Crippen molar-refractivity contribution in [2.45, 2.75) is 27.3 Å². The minimum Gasteiger partial charge on any atom is -0.478 e. The maximum Gasteiger partial charge on any atom is 0.335 e. The van der Waals surface area contributed by atoms with Crippen LogP contribution in [0.2, 0.25) is 0 Å². The molecule has 0 saturated carbocycles. The Bertz CT molecular complexity index is 1620. The van der Waals surface area contributed by atoms with Crippen molar-refractivity contribution in [1.82, 2.24) is 23.7 Å². The van der Waals surface area contributed by atoms with Crippen LogP contribution in [0.15, 0.2) is 71.9 Å². The van der Waals surface area contributed by atoms with Gasteiger partial charge in [-0.3, -0.25) is 9.13 Å². The Labute approximate surface area is 195 Å². The molecule has 0 saturated heterocycles. The predicted octanol–water partition coefficient (Wildman–Crippen LogP) is 4.02. The van der Waals surface area contributed by atoms with Crippen LogP contribution in [0.5, 0.6) is 0 Å². The minimum absolute atomic E-state index is 0.197. The van der Waals surface area contributed by atoms with Crippen LogP contribution in [0, 0.1) is 20.8 Å². The van der Waals surface area contributed by atoms with Gasteiger partial charge in [0.25, 0.3) is 0 Å². The van der Waals surface area contributed by atoms with Gasteiger partial charge in [0.15, 0.2) is 5.65 Å². The predicted molar refractivity (Wildman–Crippen MR) is 129 cm³/mol.